The third kappa shape index (κ3) is 3.74. The van der Waals surface area contributed by atoms with Gasteiger partial charge in [-0.25, -0.2) is 4.79 Å². The minimum atomic E-state index is -0.352. The van der Waals surface area contributed by atoms with Gasteiger partial charge in [0.2, 0.25) is 0 Å². The molecule has 0 spiro atoms. The molecule has 2 aromatic rings. The molecule has 0 atom stereocenters. The van der Waals surface area contributed by atoms with Gasteiger partial charge in [0.05, 0.1) is 12.7 Å². The van der Waals surface area contributed by atoms with Gasteiger partial charge in [-0.05, 0) is 35.9 Å². The van der Waals surface area contributed by atoms with E-state index >= 15 is 0 Å². The Labute approximate surface area is 131 Å². The molecule has 1 N–H and O–H groups in total. The van der Waals surface area contributed by atoms with E-state index in [1.54, 1.807) is 18.2 Å². The lowest BCUT2D eigenvalue weighted by molar-refractivity contribution is 0.0601. The van der Waals surface area contributed by atoms with Crippen molar-refractivity contribution in [3.8, 4) is 0 Å². The molecule has 0 saturated heterocycles. The number of anilines is 1. The Morgan fingerprint density at radius 1 is 1.30 bits per heavy atom. The van der Waals surface area contributed by atoms with E-state index < -0.39 is 0 Å². The SMILES string of the molecule is COC(=O)c1cccc(NCc2ccc(Br)cc2Cl)c1. The summed E-state index contributed by atoms with van der Waals surface area (Å²) in [6.45, 7) is 0.580. The Hall–Kier alpha value is -1.52. The molecule has 0 heterocycles. The van der Waals surface area contributed by atoms with Crippen molar-refractivity contribution in [2.75, 3.05) is 12.4 Å². The van der Waals surface area contributed by atoms with Gasteiger partial charge in [-0.3, -0.25) is 0 Å². The maximum atomic E-state index is 11.5. The summed E-state index contributed by atoms with van der Waals surface area (Å²) in [5.41, 5.74) is 2.34. The highest BCUT2D eigenvalue weighted by atomic mass is 79.9. The number of esters is 1. The summed E-state index contributed by atoms with van der Waals surface area (Å²) in [7, 11) is 1.37. The van der Waals surface area contributed by atoms with Crippen molar-refractivity contribution < 1.29 is 9.53 Å². The Bertz CT molecular complexity index is 631. The first-order valence-corrected chi connectivity index (χ1v) is 7.13. The van der Waals surface area contributed by atoms with Crippen molar-refractivity contribution in [1.82, 2.24) is 0 Å². The van der Waals surface area contributed by atoms with E-state index in [0.29, 0.717) is 17.1 Å². The molecular formula is C15H13BrClNO2. The third-order valence-electron chi connectivity index (χ3n) is 2.78. The van der Waals surface area contributed by atoms with Crippen molar-refractivity contribution in [3.05, 3.63) is 63.1 Å². The first kappa shape index (κ1) is 14.9. The topological polar surface area (TPSA) is 38.3 Å². The lowest BCUT2D eigenvalue weighted by atomic mass is 10.2. The summed E-state index contributed by atoms with van der Waals surface area (Å²) < 4.78 is 5.64. The number of benzene rings is 2. The fourth-order valence-electron chi connectivity index (χ4n) is 1.74. The lowest BCUT2D eigenvalue weighted by Crippen LogP contribution is -2.04. The maximum Gasteiger partial charge on any atom is 0.337 e. The average Bonchev–Trinajstić information content (AvgIpc) is 2.46. The van der Waals surface area contributed by atoms with Gasteiger partial charge in [-0.2, -0.15) is 0 Å². The van der Waals surface area contributed by atoms with Crippen molar-refractivity contribution >= 4 is 39.2 Å². The van der Waals surface area contributed by atoms with Gasteiger partial charge in [0.25, 0.3) is 0 Å². The molecule has 2 aromatic carbocycles. The maximum absolute atomic E-state index is 11.5. The molecule has 0 unspecified atom stereocenters. The highest BCUT2D eigenvalue weighted by Gasteiger charge is 2.06. The molecule has 0 amide bonds. The van der Waals surface area contributed by atoms with Crippen LogP contribution < -0.4 is 5.32 Å². The molecule has 0 bridgehead atoms. The van der Waals surface area contributed by atoms with Gasteiger partial charge in [-0.1, -0.05) is 39.7 Å². The van der Waals surface area contributed by atoms with Crippen LogP contribution in [0.5, 0.6) is 0 Å². The van der Waals surface area contributed by atoms with Crippen LogP contribution in [0, 0.1) is 0 Å². The Morgan fingerprint density at radius 3 is 2.80 bits per heavy atom. The lowest BCUT2D eigenvalue weighted by Gasteiger charge is -2.09. The van der Waals surface area contributed by atoms with Gasteiger partial charge in [0, 0.05) is 21.7 Å². The Morgan fingerprint density at radius 2 is 2.10 bits per heavy atom. The highest BCUT2D eigenvalue weighted by Crippen LogP contribution is 2.22. The largest absolute Gasteiger partial charge is 0.465 e. The van der Waals surface area contributed by atoms with Crippen LogP contribution in [0.1, 0.15) is 15.9 Å². The summed E-state index contributed by atoms with van der Waals surface area (Å²) in [5, 5.41) is 3.92. The van der Waals surface area contributed by atoms with Crippen LogP contribution >= 0.6 is 27.5 Å². The minimum Gasteiger partial charge on any atom is -0.465 e. The number of carbonyl (C=O) groups excluding carboxylic acids is 1. The summed E-state index contributed by atoms with van der Waals surface area (Å²) in [4.78, 5) is 11.5. The molecule has 20 heavy (non-hydrogen) atoms. The van der Waals surface area contributed by atoms with Crippen molar-refractivity contribution in [1.29, 1.82) is 0 Å². The Kier molecular flexibility index (Phi) is 5.04. The smallest absolute Gasteiger partial charge is 0.337 e. The monoisotopic (exact) mass is 353 g/mol. The van der Waals surface area contributed by atoms with Gasteiger partial charge in [-0.15, -0.1) is 0 Å². The molecule has 0 radical (unpaired) electrons. The van der Waals surface area contributed by atoms with E-state index in [1.807, 2.05) is 24.3 Å². The molecule has 0 aliphatic heterocycles. The fraction of sp³-hybridized carbons (Fsp3) is 0.133. The number of hydrogen-bond donors (Lipinski definition) is 1. The predicted octanol–water partition coefficient (Wildman–Crippen LogP) is 4.50. The second-order valence-electron chi connectivity index (χ2n) is 4.16. The average molecular weight is 355 g/mol. The molecule has 3 nitrogen and oxygen atoms in total. The van der Waals surface area contributed by atoms with Crippen molar-refractivity contribution in [3.63, 3.8) is 0 Å². The molecule has 0 saturated carbocycles. The zero-order chi connectivity index (χ0) is 14.5. The third-order valence-corrected chi connectivity index (χ3v) is 3.63. The Balaban J connectivity index is 2.09. The quantitative estimate of drug-likeness (QED) is 0.822. The van der Waals surface area contributed by atoms with Crippen LogP contribution in [0.15, 0.2) is 46.9 Å². The number of halogens is 2. The molecule has 0 fully saturated rings. The fourth-order valence-corrected chi connectivity index (χ4v) is 2.48. The zero-order valence-corrected chi connectivity index (χ0v) is 13.2. The summed E-state index contributed by atoms with van der Waals surface area (Å²) in [6.07, 6.45) is 0. The van der Waals surface area contributed by atoms with E-state index in [4.69, 9.17) is 16.3 Å². The van der Waals surface area contributed by atoms with Gasteiger partial charge in [0.15, 0.2) is 0 Å². The zero-order valence-electron chi connectivity index (χ0n) is 10.8. The predicted molar refractivity (Wildman–Crippen MR) is 84.3 cm³/mol. The van der Waals surface area contributed by atoms with E-state index in [0.717, 1.165) is 15.7 Å². The van der Waals surface area contributed by atoms with E-state index in [9.17, 15) is 4.79 Å². The van der Waals surface area contributed by atoms with E-state index in [2.05, 4.69) is 21.2 Å². The van der Waals surface area contributed by atoms with Crippen LogP contribution in [-0.4, -0.2) is 13.1 Å². The second-order valence-corrected chi connectivity index (χ2v) is 5.48. The number of carbonyl (C=O) groups is 1. The van der Waals surface area contributed by atoms with Gasteiger partial charge in [0.1, 0.15) is 0 Å². The van der Waals surface area contributed by atoms with Crippen molar-refractivity contribution in [2.45, 2.75) is 6.54 Å². The molecule has 0 aliphatic rings. The molecule has 104 valence electrons. The standard InChI is InChI=1S/C15H13BrClNO2/c1-20-15(19)10-3-2-4-13(7-10)18-9-11-5-6-12(16)8-14(11)17/h2-8,18H,9H2,1H3. The number of nitrogens with one attached hydrogen (secondary N) is 1. The highest BCUT2D eigenvalue weighted by molar-refractivity contribution is 9.10. The van der Waals surface area contributed by atoms with Gasteiger partial charge >= 0.3 is 5.97 Å². The molecular weight excluding hydrogens is 342 g/mol. The van der Waals surface area contributed by atoms with E-state index in [-0.39, 0.29) is 5.97 Å². The van der Waals surface area contributed by atoms with Crippen LogP contribution in [0.25, 0.3) is 0 Å². The molecule has 2 rings (SSSR count). The van der Waals surface area contributed by atoms with Crippen LogP contribution in [-0.2, 0) is 11.3 Å². The van der Waals surface area contributed by atoms with Gasteiger partial charge < -0.3 is 10.1 Å². The van der Waals surface area contributed by atoms with Crippen molar-refractivity contribution in [2.24, 2.45) is 0 Å². The minimum absolute atomic E-state index is 0.352. The second kappa shape index (κ2) is 6.77. The number of ether oxygens (including phenoxy) is 1. The van der Waals surface area contributed by atoms with E-state index in [1.165, 1.54) is 7.11 Å². The van der Waals surface area contributed by atoms with Crippen LogP contribution in [0.3, 0.4) is 0 Å². The van der Waals surface area contributed by atoms with Crippen LogP contribution in [0.2, 0.25) is 5.02 Å². The molecule has 0 aliphatic carbocycles. The number of methoxy groups -OCH3 is 1. The van der Waals surface area contributed by atoms with Crippen LogP contribution in [0.4, 0.5) is 5.69 Å². The molecule has 0 aromatic heterocycles. The summed E-state index contributed by atoms with van der Waals surface area (Å²) in [5.74, 6) is -0.352. The number of hydrogen-bond acceptors (Lipinski definition) is 3. The summed E-state index contributed by atoms with van der Waals surface area (Å²) in [6, 6.07) is 12.9. The number of rotatable bonds is 4. The first-order valence-electron chi connectivity index (χ1n) is 5.96. The summed E-state index contributed by atoms with van der Waals surface area (Å²) >= 11 is 9.53. The molecule has 5 heteroatoms. The first-order chi connectivity index (χ1) is 9.60. The normalized spacial score (nSPS) is 10.2.